The zero-order valence-electron chi connectivity index (χ0n) is 12.1. The van der Waals surface area contributed by atoms with Gasteiger partial charge in [-0.1, -0.05) is 20.8 Å². The molecular weight excluding hydrogens is 272 g/mol. The largest absolute Gasteiger partial charge is 0.309 e. The highest BCUT2D eigenvalue weighted by Gasteiger charge is 2.16. The molecule has 0 spiro atoms. The molecule has 2 heterocycles. The van der Waals surface area contributed by atoms with Crippen molar-refractivity contribution in [1.82, 2.24) is 15.2 Å². The number of hydrogen-bond acceptors (Lipinski definition) is 5. The number of nitrogens with one attached hydrogen (secondary N) is 1. The van der Waals surface area contributed by atoms with Gasteiger partial charge in [-0.2, -0.15) is 5.10 Å². The van der Waals surface area contributed by atoms with Crippen LogP contribution in [0.2, 0.25) is 0 Å². The quantitative estimate of drug-likeness (QED) is 0.943. The molecule has 2 rings (SSSR count). The van der Waals surface area contributed by atoms with Crippen LogP contribution in [0.5, 0.6) is 0 Å². The predicted octanol–water partition coefficient (Wildman–Crippen LogP) is 2.72. The molecule has 0 aromatic carbocycles. The maximum absolute atomic E-state index is 11.9. The lowest BCUT2D eigenvalue weighted by Crippen LogP contribution is -2.18. The van der Waals surface area contributed by atoms with Crippen LogP contribution < -0.4 is 5.32 Å². The van der Waals surface area contributed by atoms with Crippen molar-refractivity contribution >= 4 is 23.1 Å². The van der Waals surface area contributed by atoms with Gasteiger partial charge in [-0.3, -0.25) is 4.79 Å². The van der Waals surface area contributed by atoms with Crippen LogP contribution in [-0.4, -0.2) is 21.1 Å². The highest BCUT2D eigenvalue weighted by molar-refractivity contribution is 7.09. The average Bonchev–Trinajstić information content (AvgIpc) is 2.74. The van der Waals surface area contributed by atoms with Crippen molar-refractivity contribution in [1.29, 1.82) is 0 Å². The summed E-state index contributed by atoms with van der Waals surface area (Å²) in [5.41, 5.74) is 1.63. The number of anilines is 1. The van der Waals surface area contributed by atoms with E-state index in [1.165, 1.54) is 11.3 Å². The molecule has 0 bridgehead atoms. The Balaban J connectivity index is 1.98. The number of amides is 1. The normalized spacial score (nSPS) is 11.4. The summed E-state index contributed by atoms with van der Waals surface area (Å²) in [6.07, 6.45) is 0.257. The van der Waals surface area contributed by atoms with Gasteiger partial charge in [0.2, 0.25) is 5.91 Å². The van der Waals surface area contributed by atoms with Crippen LogP contribution in [0, 0.1) is 6.92 Å². The van der Waals surface area contributed by atoms with Gasteiger partial charge < -0.3 is 5.32 Å². The van der Waals surface area contributed by atoms with E-state index in [-0.39, 0.29) is 17.7 Å². The highest BCUT2D eigenvalue weighted by Crippen LogP contribution is 2.19. The van der Waals surface area contributed by atoms with Gasteiger partial charge in [0, 0.05) is 10.8 Å². The van der Waals surface area contributed by atoms with E-state index in [4.69, 9.17) is 0 Å². The zero-order valence-corrected chi connectivity index (χ0v) is 12.9. The predicted molar refractivity (Wildman–Crippen MR) is 79.9 cm³/mol. The van der Waals surface area contributed by atoms with E-state index in [1.54, 1.807) is 6.07 Å². The van der Waals surface area contributed by atoms with Gasteiger partial charge in [0.15, 0.2) is 5.82 Å². The molecule has 0 fully saturated rings. The first-order valence-corrected chi connectivity index (χ1v) is 7.27. The molecule has 2 aromatic rings. The summed E-state index contributed by atoms with van der Waals surface area (Å²) >= 11 is 1.54. The second-order valence-corrected chi connectivity index (χ2v) is 6.70. The minimum atomic E-state index is -0.131. The number of carbonyl (C=O) groups is 1. The van der Waals surface area contributed by atoms with E-state index in [0.29, 0.717) is 5.82 Å². The first kappa shape index (κ1) is 14.6. The molecule has 0 unspecified atom stereocenters. The molecule has 2 aromatic heterocycles. The van der Waals surface area contributed by atoms with Crippen molar-refractivity contribution in [2.75, 3.05) is 5.32 Å². The van der Waals surface area contributed by atoms with Crippen molar-refractivity contribution < 1.29 is 4.79 Å². The van der Waals surface area contributed by atoms with Crippen molar-refractivity contribution in [3.05, 3.63) is 33.9 Å². The summed E-state index contributed by atoms with van der Waals surface area (Å²) in [6, 6.07) is 3.66. The maximum Gasteiger partial charge on any atom is 0.231 e. The number of aromatic nitrogens is 3. The van der Waals surface area contributed by atoms with Gasteiger partial charge in [0.1, 0.15) is 0 Å². The van der Waals surface area contributed by atoms with Crippen molar-refractivity contribution in [2.24, 2.45) is 0 Å². The molecule has 0 aliphatic heterocycles. The summed E-state index contributed by atoms with van der Waals surface area (Å²) in [4.78, 5) is 16.1. The Kier molecular flexibility index (Phi) is 4.13. The lowest BCUT2D eigenvalue weighted by atomic mass is 9.92. The van der Waals surface area contributed by atoms with Crippen molar-refractivity contribution in [3.63, 3.8) is 0 Å². The third-order valence-electron chi connectivity index (χ3n) is 2.71. The van der Waals surface area contributed by atoms with Gasteiger partial charge in [-0.15, -0.1) is 16.4 Å². The van der Waals surface area contributed by atoms with Crippen LogP contribution in [0.25, 0.3) is 0 Å². The van der Waals surface area contributed by atoms with Crippen LogP contribution in [-0.2, 0) is 16.6 Å². The Hall–Kier alpha value is -1.82. The molecule has 0 aliphatic rings. The van der Waals surface area contributed by atoms with Gasteiger partial charge >= 0.3 is 0 Å². The molecule has 20 heavy (non-hydrogen) atoms. The van der Waals surface area contributed by atoms with Crippen LogP contribution in [0.15, 0.2) is 17.5 Å². The average molecular weight is 290 g/mol. The van der Waals surface area contributed by atoms with E-state index < -0.39 is 0 Å². The van der Waals surface area contributed by atoms with E-state index in [0.717, 1.165) is 16.4 Å². The third-order valence-corrected chi connectivity index (χ3v) is 3.53. The number of aryl methyl sites for hydroxylation is 1. The van der Waals surface area contributed by atoms with E-state index in [1.807, 2.05) is 18.4 Å². The minimum absolute atomic E-state index is 0.0480. The lowest BCUT2D eigenvalue weighted by Gasteiger charge is -2.16. The molecule has 0 saturated heterocycles. The number of carbonyl (C=O) groups excluding carboxylic acids is 1. The molecule has 1 amide bonds. The molecule has 0 saturated carbocycles. The fraction of sp³-hybridized carbons (Fsp3) is 0.429. The van der Waals surface area contributed by atoms with Crippen molar-refractivity contribution in [2.45, 2.75) is 39.5 Å². The first-order valence-electron chi connectivity index (χ1n) is 6.39. The SMILES string of the molecule is Cc1nc(CC(=O)Nc2ccc(C(C)(C)C)nn2)cs1. The Morgan fingerprint density at radius 3 is 2.55 bits per heavy atom. The molecule has 0 atom stereocenters. The second kappa shape index (κ2) is 5.66. The number of nitrogens with zero attached hydrogens (tertiary/aromatic N) is 3. The topological polar surface area (TPSA) is 67.8 Å². The number of rotatable bonds is 3. The molecule has 106 valence electrons. The summed E-state index contributed by atoms with van der Waals surface area (Å²) in [7, 11) is 0. The molecule has 0 radical (unpaired) electrons. The summed E-state index contributed by atoms with van der Waals surface area (Å²) in [5, 5.41) is 13.8. The third kappa shape index (κ3) is 3.84. The van der Waals surface area contributed by atoms with Gasteiger partial charge in [-0.05, 0) is 19.1 Å². The molecular formula is C14H18N4OS. The van der Waals surface area contributed by atoms with Crippen LogP contribution in [0.3, 0.4) is 0 Å². The smallest absolute Gasteiger partial charge is 0.231 e. The summed E-state index contributed by atoms with van der Waals surface area (Å²) in [6.45, 7) is 8.13. The highest BCUT2D eigenvalue weighted by atomic mass is 32.1. The maximum atomic E-state index is 11.9. The van der Waals surface area contributed by atoms with Crippen LogP contribution in [0.4, 0.5) is 5.82 Å². The van der Waals surface area contributed by atoms with Gasteiger partial charge in [-0.25, -0.2) is 4.98 Å². The summed E-state index contributed by atoms with van der Waals surface area (Å²) < 4.78 is 0. The van der Waals surface area contributed by atoms with E-state index in [9.17, 15) is 4.79 Å². The first-order chi connectivity index (χ1) is 9.34. The summed E-state index contributed by atoms with van der Waals surface area (Å²) in [5.74, 6) is 0.336. The standard InChI is InChI=1S/C14H18N4OS/c1-9-15-10(8-20-9)7-13(19)16-12-6-5-11(17-18-12)14(2,3)4/h5-6,8H,7H2,1-4H3,(H,16,18,19). The monoisotopic (exact) mass is 290 g/mol. The van der Waals surface area contributed by atoms with E-state index in [2.05, 4.69) is 41.3 Å². The minimum Gasteiger partial charge on any atom is -0.309 e. The zero-order chi connectivity index (χ0) is 14.8. The number of hydrogen-bond donors (Lipinski definition) is 1. The number of thiazole rings is 1. The Morgan fingerprint density at radius 1 is 1.30 bits per heavy atom. The Bertz CT molecular complexity index is 598. The molecule has 1 N–H and O–H groups in total. The van der Waals surface area contributed by atoms with Gasteiger partial charge in [0.25, 0.3) is 0 Å². The molecule has 6 heteroatoms. The van der Waals surface area contributed by atoms with Crippen LogP contribution >= 0.6 is 11.3 Å². The second-order valence-electron chi connectivity index (χ2n) is 5.64. The van der Waals surface area contributed by atoms with Gasteiger partial charge in [0.05, 0.1) is 22.8 Å². The van der Waals surface area contributed by atoms with E-state index >= 15 is 0 Å². The Morgan fingerprint density at radius 2 is 2.05 bits per heavy atom. The molecule has 5 nitrogen and oxygen atoms in total. The lowest BCUT2D eigenvalue weighted by molar-refractivity contribution is -0.115. The fourth-order valence-corrected chi connectivity index (χ4v) is 2.25. The fourth-order valence-electron chi connectivity index (χ4n) is 1.64. The van der Waals surface area contributed by atoms with Crippen molar-refractivity contribution in [3.8, 4) is 0 Å². The molecule has 0 aliphatic carbocycles. The Labute approximate surface area is 122 Å². The van der Waals surface area contributed by atoms with Crippen LogP contribution in [0.1, 0.15) is 37.2 Å².